The van der Waals surface area contributed by atoms with Crippen LogP contribution in [0.25, 0.3) is 0 Å². The lowest BCUT2D eigenvalue weighted by atomic mass is 9.99. The quantitative estimate of drug-likeness (QED) is 0.839. The van der Waals surface area contributed by atoms with Gasteiger partial charge in [0.1, 0.15) is 5.69 Å². The summed E-state index contributed by atoms with van der Waals surface area (Å²) in [5.41, 5.74) is 0.917. The van der Waals surface area contributed by atoms with E-state index >= 15 is 0 Å². The third-order valence-corrected chi connectivity index (χ3v) is 4.64. The van der Waals surface area contributed by atoms with Crippen molar-refractivity contribution in [2.24, 2.45) is 0 Å². The van der Waals surface area contributed by atoms with Crippen molar-refractivity contribution >= 4 is 11.8 Å². The molecule has 2 heterocycles. The summed E-state index contributed by atoms with van der Waals surface area (Å²) < 4.78 is 0. The number of pyridine rings is 1. The third-order valence-electron chi connectivity index (χ3n) is 4.64. The van der Waals surface area contributed by atoms with Crippen molar-refractivity contribution in [2.75, 3.05) is 19.6 Å². The van der Waals surface area contributed by atoms with Crippen LogP contribution in [0.2, 0.25) is 0 Å². The molecule has 2 rings (SSSR count). The van der Waals surface area contributed by atoms with E-state index in [2.05, 4.69) is 11.9 Å². The molecule has 0 saturated carbocycles. The van der Waals surface area contributed by atoms with Crippen molar-refractivity contribution < 1.29 is 9.59 Å². The van der Waals surface area contributed by atoms with Crippen molar-refractivity contribution in [3.8, 4) is 0 Å². The first kappa shape index (κ1) is 17.4. The minimum Gasteiger partial charge on any atom is -0.338 e. The predicted molar refractivity (Wildman–Crippen MR) is 90.5 cm³/mol. The van der Waals surface area contributed by atoms with Crippen LogP contribution in [0.5, 0.6) is 0 Å². The number of rotatable bonds is 5. The summed E-state index contributed by atoms with van der Waals surface area (Å²) in [6.45, 7) is 8.08. The zero-order valence-electron chi connectivity index (χ0n) is 14.4. The van der Waals surface area contributed by atoms with E-state index in [1.807, 2.05) is 18.7 Å². The summed E-state index contributed by atoms with van der Waals surface area (Å²) in [5, 5.41) is 0. The average Bonchev–Trinajstić information content (AvgIpc) is 2.62. The second-order valence-corrected chi connectivity index (χ2v) is 5.96. The largest absolute Gasteiger partial charge is 0.338 e. The summed E-state index contributed by atoms with van der Waals surface area (Å²) >= 11 is 0. The first-order valence-corrected chi connectivity index (χ1v) is 8.68. The van der Waals surface area contributed by atoms with E-state index in [0.29, 0.717) is 30.4 Å². The van der Waals surface area contributed by atoms with Crippen molar-refractivity contribution in [1.82, 2.24) is 14.8 Å². The van der Waals surface area contributed by atoms with Gasteiger partial charge in [-0.3, -0.25) is 14.6 Å². The van der Waals surface area contributed by atoms with Crippen LogP contribution in [0, 0.1) is 0 Å². The highest BCUT2D eigenvalue weighted by atomic mass is 16.2. The molecule has 126 valence electrons. The molecule has 0 radical (unpaired) electrons. The van der Waals surface area contributed by atoms with Crippen LogP contribution in [-0.4, -0.2) is 52.3 Å². The van der Waals surface area contributed by atoms with Gasteiger partial charge in [-0.05, 0) is 51.7 Å². The number of carbonyl (C=O) groups excluding carboxylic acids is 2. The van der Waals surface area contributed by atoms with Crippen molar-refractivity contribution in [1.29, 1.82) is 0 Å². The van der Waals surface area contributed by atoms with Gasteiger partial charge in [0.05, 0.1) is 0 Å². The lowest BCUT2D eigenvalue weighted by Gasteiger charge is -2.35. The minimum absolute atomic E-state index is 0.0209. The second kappa shape index (κ2) is 8.09. The summed E-state index contributed by atoms with van der Waals surface area (Å²) in [6, 6.07) is 3.67. The Morgan fingerprint density at radius 2 is 2.00 bits per heavy atom. The van der Waals surface area contributed by atoms with Crippen LogP contribution in [0.1, 0.15) is 67.3 Å². The van der Waals surface area contributed by atoms with E-state index in [0.717, 1.165) is 25.8 Å². The predicted octanol–water partition coefficient (Wildman–Crippen LogP) is 2.97. The summed E-state index contributed by atoms with van der Waals surface area (Å²) in [4.78, 5) is 33.1. The van der Waals surface area contributed by atoms with Gasteiger partial charge in [0, 0.05) is 37.4 Å². The molecular formula is C18H27N3O2. The molecule has 0 spiro atoms. The molecule has 1 aromatic rings. The first-order chi connectivity index (χ1) is 11.1. The number of amides is 2. The fourth-order valence-corrected chi connectivity index (χ4v) is 3.21. The molecular weight excluding hydrogens is 290 g/mol. The van der Waals surface area contributed by atoms with Gasteiger partial charge in [0.25, 0.3) is 11.8 Å². The summed E-state index contributed by atoms with van der Waals surface area (Å²) in [5.74, 6) is -0.0946. The molecule has 23 heavy (non-hydrogen) atoms. The van der Waals surface area contributed by atoms with Gasteiger partial charge in [-0.15, -0.1) is 0 Å². The molecule has 1 saturated heterocycles. The molecule has 1 fully saturated rings. The van der Waals surface area contributed by atoms with Gasteiger partial charge in [-0.1, -0.05) is 6.92 Å². The number of carbonyl (C=O) groups is 2. The average molecular weight is 317 g/mol. The molecule has 0 aromatic carbocycles. The standard InChI is InChI=1S/C18H27N3O2/c1-4-15-9-7-8-12-21(15)17(22)14-10-11-19-16(13-14)18(23)20(5-2)6-3/h10-11,13,15H,4-9,12H2,1-3H3. The van der Waals surface area contributed by atoms with Crippen molar-refractivity contribution in [3.63, 3.8) is 0 Å². The number of hydrogen-bond acceptors (Lipinski definition) is 3. The first-order valence-electron chi connectivity index (χ1n) is 8.68. The Kier molecular flexibility index (Phi) is 6.13. The number of hydrogen-bond donors (Lipinski definition) is 0. The van der Waals surface area contributed by atoms with Crippen molar-refractivity contribution in [2.45, 2.75) is 52.5 Å². The van der Waals surface area contributed by atoms with Crippen LogP contribution in [0.3, 0.4) is 0 Å². The van der Waals surface area contributed by atoms with Gasteiger partial charge in [0.15, 0.2) is 0 Å². The molecule has 5 nitrogen and oxygen atoms in total. The maximum absolute atomic E-state index is 12.8. The molecule has 5 heteroatoms. The van der Waals surface area contributed by atoms with Crippen molar-refractivity contribution in [3.05, 3.63) is 29.6 Å². The van der Waals surface area contributed by atoms with E-state index in [1.54, 1.807) is 23.2 Å². The van der Waals surface area contributed by atoms with E-state index in [-0.39, 0.29) is 11.8 Å². The minimum atomic E-state index is -0.115. The van der Waals surface area contributed by atoms with Gasteiger partial charge in [-0.2, -0.15) is 0 Å². The molecule has 0 bridgehead atoms. The van der Waals surface area contributed by atoms with Crippen LogP contribution in [0.15, 0.2) is 18.3 Å². The number of aromatic nitrogens is 1. The van der Waals surface area contributed by atoms with Crippen LogP contribution in [-0.2, 0) is 0 Å². The second-order valence-electron chi connectivity index (χ2n) is 5.96. The Morgan fingerprint density at radius 3 is 2.65 bits per heavy atom. The summed E-state index contributed by atoms with van der Waals surface area (Å²) in [6.07, 6.45) is 5.85. The number of likely N-dealkylation sites (tertiary alicyclic amines) is 1. The molecule has 1 aliphatic heterocycles. The fraction of sp³-hybridized carbons (Fsp3) is 0.611. The SMILES string of the molecule is CCC1CCCCN1C(=O)c1ccnc(C(=O)N(CC)CC)c1. The van der Waals surface area contributed by atoms with E-state index in [1.165, 1.54) is 6.42 Å². The highest BCUT2D eigenvalue weighted by molar-refractivity contribution is 5.98. The maximum Gasteiger partial charge on any atom is 0.272 e. The Balaban J connectivity index is 2.21. The normalized spacial score (nSPS) is 17.9. The summed E-state index contributed by atoms with van der Waals surface area (Å²) in [7, 11) is 0. The molecule has 1 aliphatic rings. The highest BCUT2D eigenvalue weighted by Gasteiger charge is 2.27. The van der Waals surface area contributed by atoms with E-state index in [9.17, 15) is 9.59 Å². The Hall–Kier alpha value is -1.91. The lowest BCUT2D eigenvalue weighted by Crippen LogP contribution is -2.43. The highest BCUT2D eigenvalue weighted by Crippen LogP contribution is 2.22. The zero-order valence-corrected chi connectivity index (χ0v) is 14.4. The van der Waals surface area contributed by atoms with Crippen LogP contribution >= 0.6 is 0 Å². The third kappa shape index (κ3) is 3.89. The Labute approximate surface area is 138 Å². The fourth-order valence-electron chi connectivity index (χ4n) is 3.21. The smallest absolute Gasteiger partial charge is 0.272 e. The Bertz CT molecular complexity index is 555. The topological polar surface area (TPSA) is 53.5 Å². The Morgan fingerprint density at radius 1 is 1.26 bits per heavy atom. The van der Waals surface area contributed by atoms with Gasteiger partial charge in [0.2, 0.25) is 0 Å². The van der Waals surface area contributed by atoms with Crippen LogP contribution in [0.4, 0.5) is 0 Å². The zero-order chi connectivity index (χ0) is 16.8. The number of nitrogens with zero attached hydrogens (tertiary/aromatic N) is 3. The molecule has 1 aromatic heterocycles. The number of piperidine rings is 1. The molecule has 0 N–H and O–H groups in total. The molecule has 1 atom stereocenters. The molecule has 0 aliphatic carbocycles. The maximum atomic E-state index is 12.8. The van der Waals surface area contributed by atoms with Gasteiger partial charge < -0.3 is 9.80 Å². The van der Waals surface area contributed by atoms with Crippen LogP contribution < -0.4 is 0 Å². The van der Waals surface area contributed by atoms with Gasteiger partial charge >= 0.3 is 0 Å². The van der Waals surface area contributed by atoms with Gasteiger partial charge in [-0.25, -0.2) is 0 Å². The van der Waals surface area contributed by atoms with E-state index in [4.69, 9.17) is 0 Å². The van der Waals surface area contributed by atoms with E-state index < -0.39 is 0 Å². The monoisotopic (exact) mass is 317 g/mol. The molecule has 1 unspecified atom stereocenters. The lowest BCUT2D eigenvalue weighted by molar-refractivity contribution is 0.0608. The molecule has 2 amide bonds.